The molecule has 3 N–H and O–H groups in total. The summed E-state index contributed by atoms with van der Waals surface area (Å²) in [7, 11) is 0. The van der Waals surface area contributed by atoms with E-state index in [9.17, 15) is 15.3 Å². The van der Waals surface area contributed by atoms with Crippen LogP contribution in [-0.2, 0) is 11.8 Å². The van der Waals surface area contributed by atoms with Gasteiger partial charge in [-0.1, -0.05) is 70.6 Å². The number of aromatic nitrogens is 1. The summed E-state index contributed by atoms with van der Waals surface area (Å²) in [6, 6.07) is 0. The highest BCUT2D eigenvalue weighted by molar-refractivity contribution is 5.39. The summed E-state index contributed by atoms with van der Waals surface area (Å²) in [5.41, 5.74) is 4.04. The monoisotopic (exact) mass is 549 g/mol. The van der Waals surface area contributed by atoms with E-state index in [1.165, 1.54) is 31.3 Å². The normalized spacial score (nSPS) is 35.0. The van der Waals surface area contributed by atoms with Crippen LogP contribution < -0.4 is 0 Å². The third-order valence-corrected chi connectivity index (χ3v) is 11.0. The van der Waals surface area contributed by atoms with E-state index in [0.29, 0.717) is 30.6 Å². The Morgan fingerprint density at radius 3 is 2.70 bits per heavy atom. The Kier molecular flexibility index (Phi) is 8.40. The molecular weight excluding hydrogens is 498 g/mol. The second-order valence-electron chi connectivity index (χ2n) is 14.1. The number of allylic oxidation sites excluding steroid dienone is 4. The molecule has 0 saturated heterocycles. The lowest BCUT2D eigenvalue weighted by atomic mass is 9.57. The van der Waals surface area contributed by atoms with Crippen LogP contribution in [0.4, 0.5) is 0 Å². The van der Waals surface area contributed by atoms with Crippen LogP contribution in [0.3, 0.4) is 0 Å². The Morgan fingerprint density at radius 2 is 1.98 bits per heavy atom. The van der Waals surface area contributed by atoms with Crippen LogP contribution in [0.2, 0.25) is 0 Å². The van der Waals surface area contributed by atoms with Gasteiger partial charge in [0.05, 0.1) is 29.4 Å². The molecule has 0 radical (unpaired) electrons. The van der Waals surface area contributed by atoms with E-state index in [1.54, 1.807) is 6.26 Å². The zero-order valence-electron chi connectivity index (χ0n) is 25.2. The van der Waals surface area contributed by atoms with Crippen molar-refractivity contribution in [1.82, 2.24) is 4.98 Å². The summed E-state index contributed by atoms with van der Waals surface area (Å²) >= 11 is 0. The van der Waals surface area contributed by atoms with Crippen LogP contribution in [0.15, 0.2) is 58.3 Å². The lowest BCUT2D eigenvalue weighted by molar-refractivity contribution is 0.0705. The van der Waals surface area contributed by atoms with Gasteiger partial charge < -0.3 is 19.7 Å². The first-order valence-electron chi connectivity index (χ1n) is 15.8. The van der Waals surface area contributed by atoms with Crippen molar-refractivity contribution in [3.63, 3.8) is 0 Å². The fourth-order valence-corrected chi connectivity index (χ4v) is 8.35. The highest BCUT2D eigenvalue weighted by Gasteiger charge is 2.55. The van der Waals surface area contributed by atoms with Crippen molar-refractivity contribution in [1.29, 1.82) is 0 Å². The number of hydrogen-bond acceptors (Lipinski definition) is 5. The average molecular weight is 550 g/mol. The number of hydrogen-bond donors (Lipinski definition) is 3. The predicted molar refractivity (Wildman–Crippen MR) is 160 cm³/mol. The fourth-order valence-electron chi connectivity index (χ4n) is 8.35. The molecule has 0 aliphatic heterocycles. The highest BCUT2D eigenvalue weighted by atomic mass is 16.3. The maximum Gasteiger partial charge on any atom is 0.203 e. The van der Waals surface area contributed by atoms with Gasteiger partial charge in [0.2, 0.25) is 5.89 Å². The van der Waals surface area contributed by atoms with Crippen molar-refractivity contribution in [3.05, 3.63) is 65.5 Å². The quantitative estimate of drug-likeness (QED) is 0.285. The van der Waals surface area contributed by atoms with Crippen LogP contribution in [0.25, 0.3) is 0 Å². The van der Waals surface area contributed by atoms with Crippen molar-refractivity contribution < 1.29 is 19.7 Å². The summed E-state index contributed by atoms with van der Waals surface area (Å²) in [6.07, 6.45) is 20.6. The molecule has 40 heavy (non-hydrogen) atoms. The maximum absolute atomic E-state index is 11.3. The lowest BCUT2D eigenvalue weighted by Gasteiger charge is -2.47. The summed E-state index contributed by atoms with van der Waals surface area (Å²) in [5, 5.41) is 31.8. The van der Waals surface area contributed by atoms with Crippen LogP contribution in [0.1, 0.15) is 110 Å². The number of fused-ring (bicyclic) bond motifs is 1. The van der Waals surface area contributed by atoms with E-state index in [0.717, 1.165) is 55.4 Å². The molecule has 4 aliphatic carbocycles. The van der Waals surface area contributed by atoms with E-state index in [4.69, 9.17) is 9.40 Å². The molecule has 6 atom stereocenters. The summed E-state index contributed by atoms with van der Waals surface area (Å²) < 4.78 is 5.88. The molecule has 1 aromatic rings. The minimum Gasteiger partial charge on any atom is -0.448 e. The maximum atomic E-state index is 11.3. The van der Waals surface area contributed by atoms with E-state index >= 15 is 0 Å². The molecule has 1 heterocycles. The molecule has 5 nitrogen and oxygen atoms in total. The fraction of sp³-hybridized carbons (Fsp3) is 0.686. The van der Waals surface area contributed by atoms with Crippen molar-refractivity contribution in [3.8, 4) is 0 Å². The topological polar surface area (TPSA) is 86.7 Å². The molecule has 4 saturated carbocycles. The third-order valence-electron chi connectivity index (χ3n) is 11.0. The third kappa shape index (κ3) is 5.58. The molecule has 0 amide bonds. The molecule has 4 fully saturated rings. The van der Waals surface area contributed by atoms with Crippen molar-refractivity contribution in [2.45, 2.75) is 128 Å². The number of aliphatic hydroxyl groups excluding tert-OH is 3. The van der Waals surface area contributed by atoms with Crippen LogP contribution in [0, 0.1) is 22.7 Å². The standard InChI is InChI=1S/C35H51NO4/c1-6-7-10-26-22-40-32(36-26)35(18-19-35)31(39)15-17-33(3,4)30-14-13-28-24(9-8-16-34(28,30)5)11-12-25-20-27(37)21-29(38)23(25)2/h11-12,15,17,22,27-31,37-39H,2,6-10,13-14,16,18-21H2,1,3-5H3/t27-,28+,29+,30-,31+,34+/m1/s1. The van der Waals surface area contributed by atoms with Gasteiger partial charge in [-0.3, -0.25) is 0 Å². The first kappa shape index (κ1) is 29.5. The van der Waals surface area contributed by atoms with Gasteiger partial charge in [0.15, 0.2) is 0 Å². The van der Waals surface area contributed by atoms with E-state index in [2.05, 4.69) is 52.5 Å². The molecule has 220 valence electrons. The molecule has 5 rings (SSSR count). The minimum atomic E-state index is -0.648. The number of aliphatic hydroxyl groups is 3. The molecule has 0 spiro atoms. The van der Waals surface area contributed by atoms with Gasteiger partial charge >= 0.3 is 0 Å². The second-order valence-corrected chi connectivity index (χ2v) is 14.1. The first-order chi connectivity index (χ1) is 19.0. The number of rotatable bonds is 9. The summed E-state index contributed by atoms with van der Waals surface area (Å²) in [6.45, 7) is 13.4. The van der Waals surface area contributed by atoms with Gasteiger partial charge in [-0.05, 0) is 98.0 Å². The van der Waals surface area contributed by atoms with Crippen LogP contribution >= 0.6 is 0 Å². The predicted octanol–water partition coefficient (Wildman–Crippen LogP) is 7.13. The SMILES string of the molecule is C=C1C(=CC=C2CCC[C@]3(C)[C@@H](C(C)(C)C=C[C@H](O)C4(c5nc(CCCC)co5)CC4)CC[C@@H]23)C[C@@H](O)C[C@@H]1O. The van der Waals surface area contributed by atoms with Gasteiger partial charge in [-0.25, -0.2) is 4.98 Å². The molecule has 0 aromatic carbocycles. The molecular formula is C35H51NO4. The van der Waals surface area contributed by atoms with Crippen LogP contribution in [0.5, 0.6) is 0 Å². The smallest absolute Gasteiger partial charge is 0.203 e. The number of aryl methyl sites for hydroxylation is 1. The highest BCUT2D eigenvalue weighted by Crippen LogP contribution is 2.62. The van der Waals surface area contributed by atoms with Crippen molar-refractivity contribution >= 4 is 0 Å². The Morgan fingerprint density at radius 1 is 1.20 bits per heavy atom. The zero-order chi connectivity index (χ0) is 28.7. The van der Waals surface area contributed by atoms with Gasteiger partial charge in [-0.15, -0.1) is 0 Å². The number of unbranched alkanes of at least 4 members (excludes halogenated alkanes) is 1. The van der Waals surface area contributed by atoms with E-state index < -0.39 is 18.3 Å². The van der Waals surface area contributed by atoms with E-state index in [1.807, 2.05) is 6.08 Å². The molecule has 5 heteroatoms. The molecule has 4 aliphatic rings. The number of oxazole rings is 1. The Hall–Kier alpha value is -1.95. The zero-order valence-corrected chi connectivity index (χ0v) is 25.2. The first-order valence-corrected chi connectivity index (χ1v) is 15.8. The largest absolute Gasteiger partial charge is 0.448 e. The summed E-state index contributed by atoms with van der Waals surface area (Å²) in [4.78, 5) is 4.76. The second kappa shape index (κ2) is 11.4. The van der Waals surface area contributed by atoms with Gasteiger partial charge in [-0.2, -0.15) is 0 Å². The van der Waals surface area contributed by atoms with Gasteiger partial charge in [0.25, 0.3) is 0 Å². The molecule has 1 aromatic heterocycles. The Labute approximate surface area is 241 Å². The Balaban J connectivity index is 1.30. The number of nitrogens with zero attached hydrogens (tertiary/aromatic N) is 1. The van der Waals surface area contributed by atoms with Gasteiger partial charge in [0, 0.05) is 6.42 Å². The van der Waals surface area contributed by atoms with E-state index in [-0.39, 0.29) is 16.2 Å². The van der Waals surface area contributed by atoms with Gasteiger partial charge in [0.1, 0.15) is 6.26 Å². The van der Waals surface area contributed by atoms with Crippen molar-refractivity contribution in [2.24, 2.45) is 22.7 Å². The molecule has 0 unspecified atom stereocenters. The Bertz CT molecular complexity index is 1170. The van der Waals surface area contributed by atoms with Crippen LogP contribution in [-0.4, -0.2) is 38.6 Å². The van der Waals surface area contributed by atoms with Crippen molar-refractivity contribution in [2.75, 3.05) is 0 Å². The average Bonchev–Trinajstić information content (AvgIpc) is 3.43. The lowest BCUT2D eigenvalue weighted by Crippen LogP contribution is -2.39. The summed E-state index contributed by atoms with van der Waals surface area (Å²) in [5.74, 6) is 1.77. The molecule has 0 bridgehead atoms. The minimum absolute atomic E-state index is 0.0454.